The summed E-state index contributed by atoms with van der Waals surface area (Å²) in [6, 6.07) is 0. The second-order valence-electron chi connectivity index (χ2n) is 1.65. The first-order chi connectivity index (χ1) is 4.33. The summed E-state index contributed by atoms with van der Waals surface area (Å²) in [5.41, 5.74) is 0. The van der Waals surface area contributed by atoms with Crippen LogP contribution in [0.4, 0.5) is 0 Å². The molecule has 49 valence electrons. The Kier molecular flexibility index (Phi) is 4.50. The van der Waals surface area contributed by atoms with Gasteiger partial charge in [-0.25, -0.2) is 0 Å². The smallest absolute Gasteiger partial charge is 0.211 e. The first-order valence-electron chi connectivity index (χ1n) is 2.60. The van der Waals surface area contributed by atoms with Gasteiger partial charge in [-0.05, 0) is 0 Å². The molecule has 0 aromatic heterocycles. The number of rotatable bonds is 0. The fourth-order valence-electron chi connectivity index (χ4n) is 0.574. The van der Waals surface area contributed by atoms with E-state index in [4.69, 9.17) is 6.42 Å². The molecule has 1 aliphatic heterocycles. The number of nitrogens with one attached hydrogen (secondary N) is 1. The zero-order valence-electron chi connectivity index (χ0n) is 5.35. The van der Waals surface area contributed by atoms with Crippen LogP contribution >= 0.6 is 0 Å². The standard InChI is InChI=1S/C6H5N2O.Y/c1-2-5-7-4-3-6(9)8-5;/h3-4H2,(H,7,8,9);/q-1;. The number of hydrogen-bond acceptors (Lipinski definition) is 2. The van der Waals surface area contributed by atoms with Crippen molar-refractivity contribution < 1.29 is 37.5 Å². The molecule has 1 heterocycles. The van der Waals surface area contributed by atoms with Crippen molar-refractivity contribution in [1.29, 1.82) is 0 Å². The van der Waals surface area contributed by atoms with Gasteiger partial charge in [0.1, 0.15) is 0 Å². The quantitative estimate of drug-likeness (QED) is 0.424. The average Bonchev–Trinajstić information content (AvgIpc) is 1.88. The van der Waals surface area contributed by atoms with Crippen molar-refractivity contribution in [3.05, 3.63) is 6.42 Å². The molecule has 0 aromatic rings. The van der Waals surface area contributed by atoms with Gasteiger partial charge in [0.15, 0.2) is 0 Å². The van der Waals surface area contributed by atoms with E-state index in [1.165, 1.54) is 0 Å². The van der Waals surface area contributed by atoms with Crippen LogP contribution in [0.2, 0.25) is 0 Å². The second kappa shape index (κ2) is 4.59. The van der Waals surface area contributed by atoms with Crippen molar-refractivity contribution in [3.8, 4) is 5.92 Å². The van der Waals surface area contributed by atoms with Crippen molar-refractivity contribution in [2.75, 3.05) is 6.54 Å². The summed E-state index contributed by atoms with van der Waals surface area (Å²) in [5.74, 6) is 2.16. The van der Waals surface area contributed by atoms with Crippen molar-refractivity contribution >= 4 is 11.7 Å². The van der Waals surface area contributed by atoms with Gasteiger partial charge in [-0.15, -0.1) is 0 Å². The molecule has 0 fully saturated rings. The number of carbonyl (C=O) groups excluding carboxylic acids is 1. The van der Waals surface area contributed by atoms with E-state index in [2.05, 4.69) is 10.3 Å². The maximum absolute atomic E-state index is 10.5. The van der Waals surface area contributed by atoms with Crippen LogP contribution in [-0.2, 0) is 37.5 Å². The molecular formula is C6H5N2OY-. The number of carbonyl (C=O) groups is 1. The van der Waals surface area contributed by atoms with E-state index in [1.807, 2.05) is 5.92 Å². The van der Waals surface area contributed by atoms with E-state index in [1.54, 1.807) is 0 Å². The Morgan fingerprint density at radius 1 is 1.70 bits per heavy atom. The Labute approximate surface area is 84.5 Å². The Morgan fingerprint density at radius 3 is 2.80 bits per heavy atom. The summed E-state index contributed by atoms with van der Waals surface area (Å²) in [5, 5.41) is 2.38. The molecule has 0 spiro atoms. The summed E-state index contributed by atoms with van der Waals surface area (Å²) in [4.78, 5) is 14.3. The fourth-order valence-corrected chi connectivity index (χ4v) is 0.574. The molecule has 10 heavy (non-hydrogen) atoms. The summed E-state index contributed by atoms with van der Waals surface area (Å²) in [6.07, 6.45) is 7.01. The fraction of sp³-hybridized carbons (Fsp3) is 0.333. The van der Waals surface area contributed by atoms with E-state index in [9.17, 15) is 4.79 Å². The molecule has 3 nitrogen and oxygen atoms in total. The van der Waals surface area contributed by atoms with Gasteiger partial charge in [0, 0.05) is 51.5 Å². The summed E-state index contributed by atoms with van der Waals surface area (Å²) in [6.45, 7) is 0.479. The van der Waals surface area contributed by atoms with Crippen LogP contribution in [0.3, 0.4) is 0 Å². The van der Waals surface area contributed by atoms with Crippen LogP contribution in [0.5, 0.6) is 0 Å². The van der Waals surface area contributed by atoms with Crippen LogP contribution < -0.4 is 5.32 Å². The minimum Gasteiger partial charge on any atom is -0.382 e. The van der Waals surface area contributed by atoms with Crippen molar-refractivity contribution in [1.82, 2.24) is 5.32 Å². The molecule has 0 bridgehead atoms. The number of amidine groups is 1. The minimum atomic E-state index is -0.0836. The van der Waals surface area contributed by atoms with Gasteiger partial charge in [-0.2, -0.15) is 0 Å². The third-order valence-corrected chi connectivity index (χ3v) is 0.985. The zero-order valence-corrected chi connectivity index (χ0v) is 8.19. The van der Waals surface area contributed by atoms with E-state index in [-0.39, 0.29) is 44.5 Å². The molecular weight excluding hydrogens is 205 g/mol. The van der Waals surface area contributed by atoms with E-state index >= 15 is 0 Å². The molecule has 1 rings (SSSR count). The Balaban J connectivity index is 0.000000810. The number of hydrogen-bond donors (Lipinski definition) is 1. The molecule has 0 aliphatic carbocycles. The van der Waals surface area contributed by atoms with E-state index in [0.29, 0.717) is 13.0 Å². The second-order valence-corrected chi connectivity index (χ2v) is 1.65. The van der Waals surface area contributed by atoms with Crippen molar-refractivity contribution in [3.63, 3.8) is 0 Å². The third-order valence-electron chi connectivity index (χ3n) is 0.985. The number of amides is 1. The van der Waals surface area contributed by atoms with E-state index in [0.717, 1.165) is 0 Å². The van der Waals surface area contributed by atoms with Crippen LogP contribution in [0.15, 0.2) is 4.99 Å². The number of nitrogens with zero attached hydrogens (tertiary/aromatic N) is 1. The largest absolute Gasteiger partial charge is 0.382 e. The van der Waals surface area contributed by atoms with Gasteiger partial charge in [-0.1, -0.05) is 0 Å². The molecule has 4 heteroatoms. The van der Waals surface area contributed by atoms with Crippen molar-refractivity contribution in [2.24, 2.45) is 4.99 Å². The maximum atomic E-state index is 10.5. The van der Waals surface area contributed by atoms with Gasteiger partial charge >= 0.3 is 0 Å². The first-order valence-corrected chi connectivity index (χ1v) is 2.60. The molecule has 0 atom stereocenters. The zero-order chi connectivity index (χ0) is 6.69. The summed E-state index contributed by atoms with van der Waals surface area (Å²) < 4.78 is 0. The predicted molar refractivity (Wildman–Crippen MR) is 32.2 cm³/mol. The third kappa shape index (κ3) is 2.59. The molecule has 0 saturated carbocycles. The van der Waals surface area contributed by atoms with E-state index < -0.39 is 0 Å². The first kappa shape index (κ1) is 9.80. The molecule has 0 aromatic carbocycles. The molecule has 0 unspecified atom stereocenters. The van der Waals surface area contributed by atoms with Crippen LogP contribution in [-0.4, -0.2) is 18.3 Å². The van der Waals surface area contributed by atoms with Crippen LogP contribution in [0.25, 0.3) is 0 Å². The SMILES string of the molecule is [C-]#CC1=NCCC(=O)N1.[Y]. The van der Waals surface area contributed by atoms with Gasteiger partial charge in [0.2, 0.25) is 5.91 Å². The van der Waals surface area contributed by atoms with Gasteiger partial charge in [0.25, 0.3) is 0 Å². The Morgan fingerprint density at radius 2 is 2.40 bits per heavy atom. The maximum Gasteiger partial charge on any atom is 0.211 e. The predicted octanol–water partition coefficient (Wildman–Crippen LogP) is -0.508. The Hall–Kier alpha value is -0.196. The van der Waals surface area contributed by atoms with Gasteiger partial charge in [-0.3, -0.25) is 10.7 Å². The normalized spacial score (nSPS) is 15.9. The summed E-state index contributed by atoms with van der Waals surface area (Å²) >= 11 is 0. The molecule has 1 radical (unpaired) electrons. The molecule has 1 aliphatic rings. The van der Waals surface area contributed by atoms with Gasteiger partial charge in [0.05, 0.1) is 0 Å². The van der Waals surface area contributed by atoms with Gasteiger partial charge < -0.3 is 16.7 Å². The van der Waals surface area contributed by atoms with Crippen molar-refractivity contribution in [2.45, 2.75) is 6.42 Å². The molecule has 0 saturated heterocycles. The Bertz CT molecular complexity index is 204. The monoisotopic (exact) mass is 210 g/mol. The molecule has 1 N–H and O–H groups in total. The molecule has 1 amide bonds. The topological polar surface area (TPSA) is 41.5 Å². The van der Waals surface area contributed by atoms with Crippen LogP contribution in [0, 0.1) is 12.3 Å². The minimum absolute atomic E-state index is 0. The van der Waals surface area contributed by atoms with Crippen LogP contribution in [0.1, 0.15) is 6.42 Å². The average molecular weight is 210 g/mol. The number of aliphatic imine (C=N–C) groups is 1. The summed E-state index contributed by atoms with van der Waals surface area (Å²) in [7, 11) is 0.